The van der Waals surface area contributed by atoms with Gasteiger partial charge in [0.1, 0.15) is 17.2 Å². The molecule has 0 unspecified atom stereocenters. The average molecular weight is 415 g/mol. The normalized spacial score (nSPS) is 10.6. The number of ether oxygens (including phenoxy) is 1. The number of benzene rings is 2. The van der Waals surface area contributed by atoms with Gasteiger partial charge < -0.3 is 10.1 Å². The van der Waals surface area contributed by atoms with E-state index >= 15 is 0 Å². The molecule has 4 rings (SSSR count). The van der Waals surface area contributed by atoms with Gasteiger partial charge in [0, 0.05) is 25.4 Å². The third-order valence-corrected chi connectivity index (χ3v) is 4.64. The van der Waals surface area contributed by atoms with Crippen LogP contribution in [-0.4, -0.2) is 31.8 Å². The van der Waals surface area contributed by atoms with Crippen LogP contribution in [-0.2, 0) is 13.6 Å². The number of carbonyl (C=O) groups is 1. The maximum Gasteiger partial charge on any atom is 0.346 e. The van der Waals surface area contributed by atoms with Crippen LogP contribution < -0.4 is 15.7 Å². The van der Waals surface area contributed by atoms with Crippen molar-refractivity contribution in [2.45, 2.75) is 6.54 Å². The third-order valence-electron chi connectivity index (χ3n) is 4.64. The van der Waals surface area contributed by atoms with E-state index in [0.29, 0.717) is 22.8 Å². The van der Waals surface area contributed by atoms with Gasteiger partial charge in [-0.05, 0) is 48.5 Å². The maximum atomic E-state index is 12.4. The first-order valence-electron chi connectivity index (χ1n) is 9.78. The number of rotatable bonds is 7. The molecule has 0 aliphatic rings. The van der Waals surface area contributed by atoms with Crippen molar-refractivity contribution in [2.24, 2.45) is 7.05 Å². The molecule has 8 heteroatoms. The van der Waals surface area contributed by atoms with Crippen molar-refractivity contribution in [3.8, 4) is 23.0 Å². The fourth-order valence-corrected chi connectivity index (χ4v) is 3.03. The SMILES string of the molecule is Cn1c(-c2ccccn2)nn(CCNC(=O)c2ccc(Oc3ccccc3)cc2)c1=O. The van der Waals surface area contributed by atoms with Gasteiger partial charge in [-0.1, -0.05) is 24.3 Å². The summed E-state index contributed by atoms with van der Waals surface area (Å²) in [6, 6.07) is 21.7. The first-order chi connectivity index (χ1) is 15.1. The minimum atomic E-state index is -0.266. The highest BCUT2D eigenvalue weighted by Crippen LogP contribution is 2.21. The Morgan fingerprint density at radius 2 is 1.68 bits per heavy atom. The number of pyridine rings is 1. The Bertz CT molecular complexity index is 1220. The molecule has 0 saturated heterocycles. The summed E-state index contributed by atoms with van der Waals surface area (Å²) in [5.74, 6) is 1.61. The molecule has 156 valence electrons. The first-order valence-corrected chi connectivity index (χ1v) is 9.78. The quantitative estimate of drug-likeness (QED) is 0.501. The van der Waals surface area contributed by atoms with E-state index in [0.717, 1.165) is 5.75 Å². The van der Waals surface area contributed by atoms with Crippen LogP contribution in [0.15, 0.2) is 83.8 Å². The highest BCUT2D eigenvalue weighted by atomic mass is 16.5. The molecule has 2 heterocycles. The summed E-state index contributed by atoms with van der Waals surface area (Å²) >= 11 is 0. The van der Waals surface area contributed by atoms with Gasteiger partial charge in [0.25, 0.3) is 5.91 Å². The number of aromatic nitrogens is 4. The van der Waals surface area contributed by atoms with E-state index in [-0.39, 0.29) is 24.7 Å². The lowest BCUT2D eigenvalue weighted by Gasteiger charge is -2.07. The molecule has 0 aliphatic carbocycles. The van der Waals surface area contributed by atoms with Crippen LogP contribution in [0.5, 0.6) is 11.5 Å². The Morgan fingerprint density at radius 3 is 2.39 bits per heavy atom. The van der Waals surface area contributed by atoms with Crippen LogP contribution >= 0.6 is 0 Å². The van der Waals surface area contributed by atoms with Crippen molar-refractivity contribution < 1.29 is 9.53 Å². The Kier molecular flexibility index (Phi) is 5.89. The first kappa shape index (κ1) is 20.1. The van der Waals surface area contributed by atoms with Gasteiger partial charge in [-0.3, -0.25) is 14.3 Å². The van der Waals surface area contributed by atoms with Gasteiger partial charge in [0.15, 0.2) is 5.82 Å². The molecule has 2 aromatic carbocycles. The zero-order valence-electron chi connectivity index (χ0n) is 16.9. The summed E-state index contributed by atoms with van der Waals surface area (Å²) in [6.07, 6.45) is 1.65. The summed E-state index contributed by atoms with van der Waals surface area (Å²) in [5, 5.41) is 7.15. The van der Waals surface area contributed by atoms with Crippen LogP contribution in [0, 0.1) is 0 Å². The standard InChI is InChI=1S/C23H21N5O3/c1-27-21(20-9-5-6-14-24-20)26-28(23(27)30)16-15-25-22(29)17-10-12-19(13-11-17)31-18-7-3-2-4-8-18/h2-14H,15-16H2,1H3,(H,25,29). The maximum absolute atomic E-state index is 12.4. The van der Waals surface area contributed by atoms with E-state index in [1.54, 1.807) is 49.6 Å². The molecule has 1 N–H and O–H groups in total. The fraction of sp³-hybridized carbons (Fsp3) is 0.130. The van der Waals surface area contributed by atoms with Crippen LogP contribution in [0.2, 0.25) is 0 Å². The molecule has 0 saturated carbocycles. The molecule has 0 fully saturated rings. The van der Waals surface area contributed by atoms with E-state index in [2.05, 4.69) is 15.4 Å². The summed E-state index contributed by atoms with van der Waals surface area (Å²) in [6.45, 7) is 0.514. The van der Waals surface area contributed by atoms with Crippen molar-refractivity contribution in [3.05, 3.63) is 95.0 Å². The zero-order valence-corrected chi connectivity index (χ0v) is 16.9. The second-order valence-corrected chi connectivity index (χ2v) is 6.80. The molecule has 31 heavy (non-hydrogen) atoms. The molecule has 0 aliphatic heterocycles. The second kappa shape index (κ2) is 9.08. The number of hydrogen-bond donors (Lipinski definition) is 1. The van der Waals surface area contributed by atoms with Gasteiger partial charge in [-0.2, -0.15) is 0 Å². The average Bonchev–Trinajstić information content (AvgIpc) is 3.09. The van der Waals surface area contributed by atoms with E-state index in [1.807, 2.05) is 36.4 Å². The van der Waals surface area contributed by atoms with E-state index < -0.39 is 0 Å². The molecule has 4 aromatic rings. The Balaban J connectivity index is 1.35. The molecule has 0 radical (unpaired) electrons. The number of hydrogen-bond acceptors (Lipinski definition) is 5. The molecule has 0 atom stereocenters. The van der Waals surface area contributed by atoms with Gasteiger partial charge in [-0.25, -0.2) is 9.48 Å². The lowest BCUT2D eigenvalue weighted by Crippen LogP contribution is -2.31. The molecule has 2 aromatic heterocycles. The number of carbonyl (C=O) groups excluding carboxylic acids is 1. The summed E-state index contributed by atoms with van der Waals surface area (Å²) in [7, 11) is 1.65. The molecular formula is C23H21N5O3. The van der Waals surface area contributed by atoms with Crippen LogP contribution in [0.25, 0.3) is 11.5 Å². The highest BCUT2D eigenvalue weighted by Gasteiger charge is 2.13. The lowest BCUT2D eigenvalue weighted by molar-refractivity contribution is 0.0952. The van der Waals surface area contributed by atoms with Crippen molar-refractivity contribution >= 4 is 5.91 Å². The molecule has 8 nitrogen and oxygen atoms in total. The van der Waals surface area contributed by atoms with Crippen molar-refractivity contribution in [2.75, 3.05) is 6.54 Å². The summed E-state index contributed by atoms with van der Waals surface area (Å²) < 4.78 is 8.49. The monoisotopic (exact) mass is 415 g/mol. The number of nitrogens with zero attached hydrogens (tertiary/aromatic N) is 4. The Morgan fingerprint density at radius 1 is 0.968 bits per heavy atom. The number of para-hydroxylation sites is 1. The largest absolute Gasteiger partial charge is 0.457 e. The summed E-state index contributed by atoms with van der Waals surface area (Å²) in [5.41, 5.74) is 0.850. The predicted molar refractivity (Wildman–Crippen MR) is 116 cm³/mol. The number of nitrogens with one attached hydrogen (secondary N) is 1. The second-order valence-electron chi connectivity index (χ2n) is 6.80. The van der Waals surface area contributed by atoms with E-state index in [1.165, 1.54) is 9.25 Å². The van der Waals surface area contributed by atoms with Crippen molar-refractivity contribution in [3.63, 3.8) is 0 Å². The molecule has 1 amide bonds. The van der Waals surface area contributed by atoms with Crippen LogP contribution in [0.4, 0.5) is 0 Å². The highest BCUT2D eigenvalue weighted by molar-refractivity contribution is 5.94. The molecular weight excluding hydrogens is 394 g/mol. The topological polar surface area (TPSA) is 91.0 Å². The van der Waals surface area contributed by atoms with Gasteiger partial charge in [-0.15, -0.1) is 5.10 Å². The zero-order chi connectivity index (χ0) is 21.6. The Hall–Kier alpha value is -4.20. The van der Waals surface area contributed by atoms with E-state index in [9.17, 15) is 9.59 Å². The van der Waals surface area contributed by atoms with Gasteiger partial charge in [0.2, 0.25) is 0 Å². The number of amides is 1. The van der Waals surface area contributed by atoms with Gasteiger partial charge in [0.05, 0.1) is 6.54 Å². The fourth-order valence-electron chi connectivity index (χ4n) is 3.03. The Labute approximate surface area is 178 Å². The van der Waals surface area contributed by atoms with Crippen molar-refractivity contribution in [1.82, 2.24) is 24.6 Å². The van der Waals surface area contributed by atoms with Gasteiger partial charge >= 0.3 is 5.69 Å². The molecule has 0 bridgehead atoms. The predicted octanol–water partition coefficient (Wildman–Crippen LogP) is 2.87. The smallest absolute Gasteiger partial charge is 0.346 e. The van der Waals surface area contributed by atoms with Crippen LogP contribution in [0.3, 0.4) is 0 Å². The van der Waals surface area contributed by atoms with E-state index in [4.69, 9.17) is 4.74 Å². The third kappa shape index (κ3) is 4.69. The minimum absolute atomic E-state index is 0.236. The minimum Gasteiger partial charge on any atom is -0.457 e. The molecule has 0 spiro atoms. The lowest BCUT2D eigenvalue weighted by atomic mass is 10.2. The summed E-state index contributed by atoms with van der Waals surface area (Å²) in [4.78, 5) is 29.0. The van der Waals surface area contributed by atoms with Crippen molar-refractivity contribution in [1.29, 1.82) is 0 Å². The van der Waals surface area contributed by atoms with Crippen LogP contribution in [0.1, 0.15) is 10.4 Å².